The van der Waals surface area contributed by atoms with E-state index in [9.17, 15) is 9.18 Å². The van der Waals surface area contributed by atoms with Gasteiger partial charge in [-0.05, 0) is 61.4 Å². The van der Waals surface area contributed by atoms with Crippen LogP contribution in [0.15, 0.2) is 48.5 Å². The number of carbonyl (C=O) groups is 1. The van der Waals surface area contributed by atoms with Crippen molar-refractivity contribution < 1.29 is 18.7 Å². The second kappa shape index (κ2) is 9.81. The molecule has 168 valence electrons. The zero-order valence-electron chi connectivity index (χ0n) is 18.5. The van der Waals surface area contributed by atoms with Crippen LogP contribution in [-0.2, 0) is 4.74 Å². The van der Waals surface area contributed by atoms with Gasteiger partial charge in [0.25, 0.3) is 5.91 Å². The topological polar surface area (TPSA) is 50.8 Å². The largest absolute Gasteiger partial charge is 0.497 e. The van der Waals surface area contributed by atoms with Crippen molar-refractivity contribution in [3.63, 3.8) is 0 Å². The predicted octanol–water partition coefficient (Wildman–Crippen LogP) is 5.19. The number of hydrogen-bond acceptors (Lipinski definition) is 5. The lowest BCUT2D eigenvalue weighted by Gasteiger charge is -2.35. The first kappa shape index (κ1) is 22.5. The van der Waals surface area contributed by atoms with Gasteiger partial charge in [-0.1, -0.05) is 12.1 Å². The quantitative estimate of drug-likeness (QED) is 0.557. The van der Waals surface area contributed by atoms with Crippen molar-refractivity contribution in [1.82, 2.24) is 4.90 Å². The van der Waals surface area contributed by atoms with Crippen LogP contribution in [0.2, 0.25) is 0 Å². The average molecular weight is 455 g/mol. The minimum atomic E-state index is -0.263. The number of ether oxygens (including phenoxy) is 2. The van der Waals surface area contributed by atoms with Crippen molar-refractivity contribution >= 4 is 22.2 Å². The van der Waals surface area contributed by atoms with Gasteiger partial charge >= 0.3 is 0 Å². The lowest BCUT2D eigenvalue weighted by molar-refractivity contribution is 0.0240. The maximum Gasteiger partial charge on any atom is 0.256 e. The van der Waals surface area contributed by atoms with Crippen molar-refractivity contribution in [2.45, 2.75) is 19.9 Å². The third-order valence-corrected chi connectivity index (χ3v) is 7.02. The van der Waals surface area contributed by atoms with E-state index >= 15 is 0 Å². The van der Waals surface area contributed by atoms with Gasteiger partial charge in [0.05, 0.1) is 26.4 Å². The molecule has 0 saturated carbocycles. The zero-order valence-corrected chi connectivity index (χ0v) is 19.3. The summed E-state index contributed by atoms with van der Waals surface area (Å²) in [5.41, 5.74) is 3.75. The molecule has 0 radical (unpaired) electrons. The van der Waals surface area contributed by atoms with E-state index in [4.69, 9.17) is 9.47 Å². The summed E-state index contributed by atoms with van der Waals surface area (Å²) in [5, 5.41) is 3.95. The van der Waals surface area contributed by atoms with Gasteiger partial charge in [0.2, 0.25) is 0 Å². The number of anilines is 1. The van der Waals surface area contributed by atoms with Gasteiger partial charge in [-0.25, -0.2) is 4.39 Å². The average Bonchev–Trinajstić information content (AvgIpc) is 3.09. The Balaban J connectivity index is 1.72. The Hall–Kier alpha value is -2.74. The van der Waals surface area contributed by atoms with Crippen molar-refractivity contribution in [2.75, 3.05) is 38.7 Å². The molecule has 1 aliphatic heterocycles. The van der Waals surface area contributed by atoms with Gasteiger partial charge in [0.1, 0.15) is 16.6 Å². The molecule has 1 aromatic heterocycles. The molecular weight excluding hydrogens is 427 g/mol. The smallest absolute Gasteiger partial charge is 0.256 e. The lowest BCUT2D eigenvalue weighted by Crippen LogP contribution is -2.40. The first-order valence-corrected chi connectivity index (χ1v) is 11.4. The number of aryl methyl sites for hydroxylation is 1. The SMILES string of the molecule is COc1ccc(C(=O)Nc2sc(C)c(C)c2[C@@H](c2ccc(F)cc2)N2CCOCC2)cc1. The molecule has 7 heteroatoms. The molecule has 1 saturated heterocycles. The standard InChI is InChI=1S/C25H27FN2O3S/c1-16-17(2)32-25(27-24(29)19-6-10-21(30-3)11-7-19)22(16)23(28-12-14-31-15-13-28)18-4-8-20(26)9-5-18/h4-11,23H,12-15H2,1-3H3,(H,27,29)/t23-/m1/s1. The lowest BCUT2D eigenvalue weighted by atomic mass is 9.94. The number of halogens is 1. The monoisotopic (exact) mass is 454 g/mol. The molecule has 2 heterocycles. The third-order valence-electron chi connectivity index (χ3n) is 5.88. The number of nitrogens with zero attached hydrogens (tertiary/aromatic N) is 1. The summed E-state index contributed by atoms with van der Waals surface area (Å²) in [6.07, 6.45) is 0. The minimum absolute atomic E-state index is 0.101. The van der Waals surface area contributed by atoms with Gasteiger partial charge in [-0.15, -0.1) is 11.3 Å². The van der Waals surface area contributed by atoms with Crippen molar-refractivity contribution in [3.8, 4) is 5.75 Å². The number of morpholine rings is 1. The fourth-order valence-corrected chi connectivity index (χ4v) is 5.11. The van der Waals surface area contributed by atoms with Crippen LogP contribution >= 0.6 is 11.3 Å². The molecule has 4 rings (SSSR count). The highest BCUT2D eigenvalue weighted by Gasteiger charge is 2.30. The van der Waals surface area contributed by atoms with E-state index in [0.29, 0.717) is 24.5 Å². The second-order valence-corrected chi connectivity index (χ2v) is 9.04. The molecule has 2 aromatic carbocycles. The highest BCUT2D eigenvalue weighted by atomic mass is 32.1. The molecule has 1 amide bonds. The molecule has 5 nitrogen and oxygen atoms in total. The first-order chi connectivity index (χ1) is 15.5. The predicted molar refractivity (Wildman–Crippen MR) is 125 cm³/mol. The van der Waals surface area contributed by atoms with Gasteiger partial charge < -0.3 is 14.8 Å². The minimum Gasteiger partial charge on any atom is -0.497 e. The van der Waals surface area contributed by atoms with E-state index in [1.54, 1.807) is 42.7 Å². The van der Waals surface area contributed by atoms with Crippen LogP contribution in [0.5, 0.6) is 5.75 Å². The molecule has 0 unspecified atom stereocenters. The summed E-state index contributed by atoms with van der Waals surface area (Å²) in [7, 11) is 1.60. The molecule has 1 aliphatic rings. The summed E-state index contributed by atoms with van der Waals surface area (Å²) >= 11 is 1.57. The van der Waals surface area contributed by atoms with Crippen molar-refractivity contribution in [1.29, 1.82) is 0 Å². The number of hydrogen-bond donors (Lipinski definition) is 1. The Morgan fingerprint density at radius 1 is 1.09 bits per heavy atom. The van der Waals surface area contributed by atoms with Crippen LogP contribution in [0, 0.1) is 19.7 Å². The number of thiophene rings is 1. The van der Waals surface area contributed by atoms with E-state index in [2.05, 4.69) is 24.1 Å². The van der Waals surface area contributed by atoms with E-state index in [0.717, 1.165) is 39.7 Å². The Bertz CT molecular complexity index is 1070. The number of rotatable bonds is 6. The summed E-state index contributed by atoms with van der Waals surface area (Å²) < 4.78 is 24.4. The Labute approximate surface area is 191 Å². The third kappa shape index (κ3) is 4.70. The maximum absolute atomic E-state index is 13.7. The molecule has 0 aliphatic carbocycles. The highest BCUT2D eigenvalue weighted by molar-refractivity contribution is 7.16. The van der Waals surface area contributed by atoms with E-state index in [1.807, 2.05) is 12.1 Å². The van der Waals surface area contributed by atoms with Crippen LogP contribution < -0.4 is 10.1 Å². The van der Waals surface area contributed by atoms with Crippen LogP contribution in [0.3, 0.4) is 0 Å². The maximum atomic E-state index is 13.7. The molecule has 0 bridgehead atoms. The van der Waals surface area contributed by atoms with Crippen LogP contribution in [-0.4, -0.2) is 44.2 Å². The number of carbonyl (C=O) groups excluding carboxylic acids is 1. The van der Waals surface area contributed by atoms with Crippen LogP contribution in [0.1, 0.15) is 38.0 Å². The van der Waals surface area contributed by atoms with E-state index < -0.39 is 0 Å². The fraction of sp³-hybridized carbons (Fsp3) is 0.320. The Morgan fingerprint density at radius 3 is 2.38 bits per heavy atom. The summed E-state index contributed by atoms with van der Waals surface area (Å²) in [5.74, 6) is 0.268. The van der Waals surface area contributed by atoms with Crippen molar-refractivity contribution in [3.05, 3.63) is 81.5 Å². The fourth-order valence-electron chi connectivity index (χ4n) is 4.03. The zero-order chi connectivity index (χ0) is 22.7. The number of nitrogens with one attached hydrogen (secondary N) is 1. The molecule has 3 aromatic rings. The van der Waals surface area contributed by atoms with E-state index in [-0.39, 0.29) is 17.8 Å². The summed E-state index contributed by atoms with van der Waals surface area (Å²) in [4.78, 5) is 16.5. The molecule has 1 fully saturated rings. The highest BCUT2D eigenvalue weighted by Crippen LogP contribution is 2.42. The molecule has 1 N–H and O–H groups in total. The Kier molecular flexibility index (Phi) is 6.89. The van der Waals surface area contributed by atoms with Crippen LogP contribution in [0.25, 0.3) is 0 Å². The second-order valence-electron chi connectivity index (χ2n) is 7.81. The van der Waals surface area contributed by atoms with Gasteiger partial charge in [0.15, 0.2) is 0 Å². The number of methoxy groups -OCH3 is 1. The van der Waals surface area contributed by atoms with Gasteiger partial charge in [-0.2, -0.15) is 0 Å². The van der Waals surface area contributed by atoms with Gasteiger partial charge in [0, 0.05) is 29.1 Å². The molecule has 1 atom stereocenters. The number of amides is 1. The van der Waals surface area contributed by atoms with E-state index in [1.165, 1.54) is 12.1 Å². The first-order valence-electron chi connectivity index (χ1n) is 10.6. The number of benzene rings is 2. The van der Waals surface area contributed by atoms with Crippen molar-refractivity contribution in [2.24, 2.45) is 0 Å². The summed E-state index contributed by atoms with van der Waals surface area (Å²) in [6.45, 7) is 6.97. The molecular formula is C25H27FN2O3S. The molecule has 0 spiro atoms. The van der Waals surface area contributed by atoms with Crippen LogP contribution in [0.4, 0.5) is 9.39 Å². The Morgan fingerprint density at radius 2 is 1.75 bits per heavy atom. The normalized spacial score (nSPS) is 15.4. The molecule has 32 heavy (non-hydrogen) atoms. The summed E-state index contributed by atoms with van der Waals surface area (Å²) in [6, 6.07) is 13.6. The van der Waals surface area contributed by atoms with Gasteiger partial charge in [-0.3, -0.25) is 9.69 Å².